The summed E-state index contributed by atoms with van der Waals surface area (Å²) in [4.78, 5) is 0.305. The zero-order chi connectivity index (χ0) is 16.1. The fourth-order valence-corrected chi connectivity index (χ4v) is 2.97. The van der Waals surface area contributed by atoms with E-state index >= 15 is 0 Å². The first-order valence-corrected chi connectivity index (χ1v) is 8.99. The van der Waals surface area contributed by atoms with Gasteiger partial charge in [-0.1, -0.05) is 13.8 Å². The van der Waals surface area contributed by atoms with Gasteiger partial charge in [-0.3, -0.25) is 0 Å². The molecule has 0 atom stereocenters. The second kappa shape index (κ2) is 7.47. The van der Waals surface area contributed by atoms with Crippen molar-refractivity contribution in [3.63, 3.8) is 0 Å². The van der Waals surface area contributed by atoms with E-state index in [0.717, 1.165) is 25.1 Å². The van der Waals surface area contributed by atoms with Crippen LogP contribution in [0.5, 0.6) is 0 Å². The largest absolute Gasteiger partial charge is 0.385 e. The molecule has 0 saturated carbocycles. The second-order valence-electron chi connectivity index (χ2n) is 6.12. The number of rotatable bonds is 8. The molecule has 0 aromatic heterocycles. The first-order chi connectivity index (χ1) is 9.69. The minimum atomic E-state index is -3.36. The topological polar surface area (TPSA) is 49.4 Å². The maximum atomic E-state index is 12.0. The summed E-state index contributed by atoms with van der Waals surface area (Å²) in [6.45, 7) is 5.21. The minimum absolute atomic E-state index is 0.156. The Morgan fingerprint density at radius 1 is 1.19 bits per heavy atom. The van der Waals surface area contributed by atoms with Crippen molar-refractivity contribution in [3.05, 3.63) is 24.3 Å². The molecule has 0 saturated heterocycles. The monoisotopic (exact) mass is 332 g/mol. The lowest BCUT2D eigenvalue weighted by molar-refractivity contribution is 0.355. The summed E-state index contributed by atoms with van der Waals surface area (Å²) < 4.78 is 25.2. The number of hydrogen-bond donors (Lipinski definition) is 1. The van der Waals surface area contributed by atoms with Gasteiger partial charge in [0.25, 0.3) is 0 Å². The Bertz CT molecular complexity index is 539. The van der Waals surface area contributed by atoms with Crippen molar-refractivity contribution >= 4 is 27.3 Å². The van der Waals surface area contributed by atoms with Crippen LogP contribution in [0.3, 0.4) is 0 Å². The Morgan fingerprint density at radius 3 is 2.24 bits per heavy atom. The van der Waals surface area contributed by atoms with E-state index in [0.29, 0.717) is 10.8 Å². The zero-order valence-corrected chi connectivity index (χ0v) is 14.8. The molecule has 0 aliphatic rings. The Labute approximate surface area is 133 Å². The van der Waals surface area contributed by atoms with Crippen molar-refractivity contribution < 1.29 is 8.42 Å². The first kappa shape index (κ1) is 18.3. The maximum absolute atomic E-state index is 12.0. The summed E-state index contributed by atoms with van der Waals surface area (Å²) in [6.07, 6.45) is 2.05. The number of anilines is 1. The summed E-state index contributed by atoms with van der Waals surface area (Å²) in [6, 6.07) is 6.86. The van der Waals surface area contributed by atoms with E-state index in [1.165, 1.54) is 18.4 Å². The molecule has 1 rings (SSSR count). The minimum Gasteiger partial charge on any atom is -0.385 e. The molecule has 0 spiro atoms. The first-order valence-electron chi connectivity index (χ1n) is 7.01. The SMILES string of the molecule is CN(C)S(=O)(=O)c1ccc(NCC(C)(C)CCCCl)cc1. The van der Waals surface area contributed by atoms with E-state index in [4.69, 9.17) is 11.6 Å². The lowest BCUT2D eigenvalue weighted by atomic mass is 9.88. The number of nitrogens with zero attached hydrogens (tertiary/aromatic N) is 1. The molecule has 1 aromatic carbocycles. The van der Waals surface area contributed by atoms with Gasteiger partial charge >= 0.3 is 0 Å². The molecular formula is C15H25ClN2O2S. The van der Waals surface area contributed by atoms with Crippen LogP contribution in [-0.2, 0) is 10.0 Å². The lowest BCUT2D eigenvalue weighted by Gasteiger charge is -2.25. The summed E-state index contributed by atoms with van der Waals surface area (Å²) in [5.41, 5.74) is 1.08. The van der Waals surface area contributed by atoms with Crippen LogP contribution >= 0.6 is 11.6 Å². The van der Waals surface area contributed by atoms with Gasteiger partial charge in [-0.05, 0) is 42.5 Å². The van der Waals surface area contributed by atoms with Crippen LogP contribution in [0.25, 0.3) is 0 Å². The van der Waals surface area contributed by atoms with Gasteiger partial charge in [-0.15, -0.1) is 11.6 Å². The van der Waals surface area contributed by atoms with E-state index in [-0.39, 0.29) is 5.41 Å². The average Bonchev–Trinajstić information content (AvgIpc) is 2.43. The van der Waals surface area contributed by atoms with E-state index in [1.54, 1.807) is 24.3 Å². The number of alkyl halides is 1. The highest BCUT2D eigenvalue weighted by Crippen LogP contribution is 2.24. The van der Waals surface area contributed by atoms with Crippen LogP contribution in [-0.4, -0.2) is 39.2 Å². The molecule has 4 nitrogen and oxygen atoms in total. The van der Waals surface area contributed by atoms with Crippen LogP contribution in [0, 0.1) is 5.41 Å². The molecule has 0 unspecified atom stereocenters. The van der Waals surface area contributed by atoms with Crippen molar-refractivity contribution in [1.29, 1.82) is 0 Å². The van der Waals surface area contributed by atoms with Crippen molar-refractivity contribution in [2.75, 3.05) is 31.8 Å². The summed E-state index contributed by atoms with van der Waals surface area (Å²) >= 11 is 5.73. The average molecular weight is 333 g/mol. The predicted molar refractivity (Wildman–Crippen MR) is 89.5 cm³/mol. The van der Waals surface area contributed by atoms with Crippen molar-refractivity contribution in [2.45, 2.75) is 31.6 Å². The van der Waals surface area contributed by atoms with Crippen LogP contribution < -0.4 is 5.32 Å². The molecular weight excluding hydrogens is 308 g/mol. The van der Waals surface area contributed by atoms with Gasteiger partial charge in [0.1, 0.15) is 0 Å². The van der Waals surface area contributed by atoms with Crippen LogP contribution in [0.15, 0.2) is 29.2 Å². The Balaban J connectivity index is 2.68. The predicted octanol–water partition coefficient (Wildman–Crippen LogP) is 3.39. The highest BCUT2D eigenvalue weighted by Gasteiger charge is 2.18. The van der Waals surface area contributed by atoms with E-state index < -0.39 is 10.0 Å². The van der Waals surface area contributed by atoms with Gasteiger partial charge < -0.3 is 5.32 Å². The van der Waals surface area contributed by atoms with Gasteiger partial charge in [0.05, 0.1) is 4.90 Å². The molecule has 0 radical (unpaired) electrons. The van der Waals surface area contributed by atoms with Crippen molar-refractivity contribution in [3.8, 4) is 0 Å². The Morgan fingerprint density at radius 2 is 1.76 bits per heavy atom. The maximum Gasteiger partial charge on any atom is 0.242 e. The lowest BCUT2D eigenvalue weighted by Crippen LogP contribution is -2.23. The summed E-state index contributed by atoms with van der Waals surface area (Å²) in [5.74, 6) is 0.681. The van der Waals surface area contributed by atoms with Crippen molar-refractivity contribution in [1.82, 2.24) is 4.31 Å². The molecule has 1 N–H and O–H groups in total. The fourth-order valence-electron chi connectivity index (χ4n) is 1.93. The third-order valence-electron chi connectivity index (χ3n) is 3.39. The van der Waals surface area contributed by atoms with Crippen LogP contribution in [0.1, 0.15) is 26.7 Å². The Hall–Kier alpha value is -0.780. The normalized spacial score (nSPS) is 12.7. The molecule has 0 aliphatic heterocycles. The van der Waals surface area contributed by atoms with Crippen LogP contribution in [0.2, 0.25) is 0 Å². The highest BCUT2D eigenvalue weighted by atomic mass is 35.5. The van der Waals surface area contributed by atoms with E-state index in [2.05, 4.69) is 19.2 Å². The van der Waals surface area contributed by atoms with Gasteiger partial charge in [0.2, 0.25) is 10.0 Å². The molecule has 120 valence electrons. The highest BCUT2D eigenvalue weighted by molar-refractivity contribution is 7.89. The molecule has 0 bridgehead atoms. The second-order valence-corrected chi connectivity index (χ2v) is 8.65. The van der Waals surface area contributed by atoms with Gasteiger partial charge in [0, 0.05) is 32.2 Å². The quantitative estimate of drug-likeness (QED) is 0.742. The molecule has 1 aromatic rings. The van der Waals surface area contributed by atoms with Crippen LogP contribution in [0.4, 0.5) is 5.69 Å². The standard InChI is InChI=1S/C15H25ClN2O2S/c1-15(2,10-5-11-16)12-17-13-6-8-14(9-7-13)21(19,20)18(3)4/h6-9,17H,5,10-12H2,1-4H3. The molecule has 0 amide bonds. The molecule has 0 fully saturated rings. The number of nitrogens with one attached hydrogen (secondary N) is 1. The van der Waals surface area contributed by atoms with E-state index in [1.807, 2.05) is 0 Å². The van der Waals surface area contributed by atoms with Gasteiger partial charge in [0.15, 0.2) is 0 Å². The summed E-state index contributed by atoms with van der Waals surface area (Å²) in [7, 11) is -0.301. The van der Waals surface area contributed by atoms with E-state index in [9.17, 15) is 8.42 Å². The molecule has 6 heteroatoms. The third-order valence-corrected chi connectivity index (χ3v) is 5.49. The summed E-state index contributed by atoms with van der Waals surface area (Å²) in [5, 5.41) is 3.35. The number of sulfonamides is 1. The number of hydrogen-bond acceptors (Lipinski definition) is 3. The van der Waals surface area contributed by atoms with Gasteiger partial charge in [-0.25, -0.2) is 12.7 Å². The van der Waals surface area contributed by atoms with Crippen molar-refractivity contribution in [2.24, 2.45) is 5.41 Å². The fraction of sp³-hybridized carbons (Fsp3) is 0.600. The zero-order valence-electron chi connectivity index (χ0n) is 13.2. The number of halogens is 1. The third kappa shape index (κ3) is 5.49. The number of benzene rings is 1. The molecule has 0 aliphatic carbocycles. The van der Waals surface area contributed by atoms with Gasteiger partial charge in [-0.2, -0.15) is 0 Å². The molecule has 21 heavy (non-hydrogen) atoms. The smallest absolute Gasteiger partial charge is 0.242 e. The molecule has 0 heterocycles. The Kier molecular flexibility index (Phi) is 6.50.